The first-order valence-corrected chi connectivity index (χ1v) is 5.00. The topological polar surface area (TPSA) is 36.4 Å². The van der Waals surface area contributed by atoms with Gasteiger partial charge in [-0.15, -0.1) is 0 Å². The second-order valence-electron chi connectivity index (χ2n) is 3.54. The quantitative estimate of drug-likeness (QED) is 0.796. The highest BCUT2D eigenvalue weighted by Gasteiger charge is 2.03. The third-order valence-corrected chi connectivity index (χ3v) is 2.20. The first-order valence-electron chi connectivity index (χ1n) is 5.00. The van der Waals surface area contributed by atoms with Gasteiger partial charge in [0.1, 0.15) is 0 Å². The zero-order valence-electron chi connectivity index (χ0n) is 9.07. The molecular weight excluding hydrogens is 176 g/mol. The van der Waals surface area contributed by atoms with E-state index in [9.17, 15) is 5.11 Å². The van der Waals surface area contributed by atoms with Crippen LogP contribution in [0.5, 0.6) is 0 Å². The van der Waals surface area contributed by atoms with Crippen molar-refractivity contribution in [2.24, 2.45) is 0 Å². The summed E-state index contributed by atoms with van der Waals surface area (Å²) in [6.45, 7) is 4.89. The fourth-order valence-corrected chi connectivity index (χ4v) is 1.33. The molecule has 0 spiro atoms. The molecule has 14 heavy (non-hydrogen) atoms. The lowest BCUT2D eigenvalue weighted by Crippen LogP contribution is -2.17. The molecule has 0 saturated carbocycles. The summed E-state index contributed by atoms with van der Waals surface area (Å²) >= 11 is 0. The number of hydrogen-bond acceptors (Lipinski definition) is 3. The minimum Gasteiger partial charge on any atom is -0.387 e. The van der Waals surface area contributed by atoms with Crippen molar-refractivity contribution in [2.45, 2.75) is 26.4 Å². The lowest BCUT2D eigenvalue weighted by atomic mass is 10.2. The van der Waals surface area contributed by atoms with Crippen LogP contribution < -0.4 is 4.90 Å². The molecule has 0 aromatic carbocycles. The number of aromatic nitrogens is 1. The summed E-state index contributed by atoms with van der Waals surface area (Å²) in [5, 5.41) is 9.28. The summed E-state index contributed by atoms with van der Waals surface area (Å²) in [7, 11) is 2.04. The van der Waals surface area contributed by atoms with E-state index >= 15 is 0 Å². The van der Waals surface area contributed by atoms with Crippen molar-refractivity contribution < 1.29 is 5.11 Å². The van der Waals surface area contributed by atoms with E-state index < -0.39 is 6.10 Å². The van der Waals surface area contributed by atoms with Crippen molar-refractivity contribution in [1.82, 2.24) is 4.98 Å². The normalized spacial score (nSPS) is 12.6. The average Bonchev–Trinajstić information content (AvgIpc) is 2.18. The Kier molecular flexibility index (Phi) is 3.89. The van der Waals surface area contributed by atoms with Crippen LogP contribution in [0.4, 0.5) is 5.69 Å². The maximum atomic E-state index is 9.28. The Morgan fingerprint density at radius 2 is 2.21 bits per heavy atom. The molecule has 78 valence electrons. The van der Waals surface area contributed by atoms with Crippen molar-refractivity contribution in [2.75, 3.05) is 18.5 Å². The number of anilines is 1. The van der Waals surface area contributed by atoms with Gasteiger partial charge in [0.25, 0.3) is 0 Å². The molecule has 0 amide bonds. The third kappa shape index (κ3) is 2.70. The van der Waals surface area contributed by atoms with Gasteiger partial charge in [-0.05, 0) is 25.5 Å². The highest BCUT2D eigenvalue weighted by molar-refractivity contribution is 5.43. The standard InChI is InChI=1S/C11H18N2O/c1-4-7-13(3)10-5-6-11(9(2)14)12-8-10/h5-6,8-9,14H,4,7H2,1-3H3/t9-/m0/s1. The molecule has 0 bridgehead atoms. The number of pyridine rings is 1. The molecule has 0 aliphatic carbocycles. The summed E-state index contributed by atoms with van der Waals surface area (Å²) in [4.78, 5) is 6.34. The Morgan fingerprint density at radius 3 is 2.64 bits per heavy atom. The van der Waals surface area contributed by atoms with Crippen LogP contribution in [0.15, 0.2) is 18.3 Å². The first-order chi connectivity index (χ1) is 6.65. The van der Waals surface area contributed by atoms with Crippen LogP contribution in [0.2, 0.25) is 0 Å². The molecule has 1 N–H and O–H groups in total. The SMILES string of the molecule is CCCN(C)c1ccc([C@H](C)O)nc1. The predicted molar refractivity (Wildman–Crippen MR) is 58.4 cm³/mol. The molecule has 3 heteroatoms. The molecule has 1 aromatic heterocycles. The Morgan fingerprint density at radius 1 is 1.50 bits per heavy atom. The van der Waals surface area contributed by atoms with Gasteiger partial charge < -0.3 is 10.0 Å². The number of aliphatic hydroxyl groups excluding tert-OH is 1. The lowest BCUT2D eigenvalue weighted by molar-refractivity contribution is 0.194. The van der Waals surface area contributed by atoms with Gasteiger partial charge in [0, 0.05) is 13.6 Å². The van der Waals surface area contributed by atoms with Crippen LogP contribution in [0.1, 0.15) is 32.1 Å². The van der Waals surface area contributed by atoms with Crippen LogP contribution in [-0.4, -0.2) is 23.7 Å². The Hall–Kier alpha value is -1.09. The number of nitrogens with zero attached hydrogens (tertiary/aromatic N) is 2. The highest BCUT2D eigenvalue weighted by Crippen LogP contribution is 2.15. The van der Waals surface area contributed by atoms with Crippen molar-refractivity contribution >= 4 is 5.69 Å². The molecular formula is C11H18N2O. The summed E-state index contributed by atoms with van der Waals surface area (Å²) < 4.78 is 0. The number of aliphatic hydroxyl groups is 1. The summed E-state index contributed by atoms with van der Waals surface area (Å²) in [6, 6.07) is 3.86. The molecule has 1 heterocycles. The highest BCUT2D eigenvalue weighted by atomic mass is 16.3. The molecule has 0 unspecified atom stereocenters. The van der Waals surface area contributed by atoms with E-state index in [2.05, 4.69) is 16.8 Å². The van der Waals surface area contributed by atoms with Gasteiger partial charge in [0.15, 0.2) is 0 Å². The Labute approximate surface area is 85.4 Å². The van der Waals surface area contributed by atoms with Gasteiger partial charge in [-0.1, -0.05) is 6.92 Å². The average molecular weight is 194 g/mol. The predicted octanol–water partition coefficient (Wildman–Crippen LogP) is 1.98. The van der Waals surface area contributed by atoms with Crippen molar-refractivity contribution in [3.63, 3.8) is 0 Å². The largest absolute Gasteiger partial charge is 0.387 e. The van der Waals surface area contributed by atoms with Gasteiger partial charge in [0.05, 0.1) is 23.7 Å². The molecule has 1 rings (SSSR count). The van der Waals surface area contributed by atoms with Gasteiger partial charge >= 0.3 is 0 Å². The van der Waals surface area contributed by atoms with Gasteiger partial charge in [-0.3, -0.25) is 4.98 Å². The van der Waals surface area contributed by atoms with Crippen LogP contribution in [0.25, 0.3) is 0 Å². The summed E-state index contributed by atoms with van der Waals surface area (Å²) in [6.07, 6.45) is 2.44. The smallest absolute Gasteiger partial charge is 0.0931 e. The van der Waals surface area contributed by atoms with Crippen LogP contribution in [-0.2, 0) is 0 Å². The molecule has 0 aliphatic heterocycles. The summed E-state index contributed by atoms with van der Waals surface area (Å²) in [5.41, 5.74) is 1.81. The van der Waals surface area contributed by atoms with Gasteiger partial charge in [-0.25, -0.2) is 0 Å². The van der Waals surface area contributed by atoms with Crippen molar-refractivity contribution in [3.05, 3.63) is 24.0 Å². The zero-order chi connectivity index (χ0) is 10.6. The fraction of sp³-hybridized carbons (Fsp3) is 0.545. The van der Waals surface area contributed by atoms with Crippen LogP contribution in [0, 0.1) is 0 Å². The lowest BCUT2D eigenvalue weighted by Gasteiger charge is -2.18. The molecule has 3 nitrogen and oxygen atoms in total. The van der Waals surface area contributed by atoms with E-state index in [1.165, 1.54) is 0 Å². The molecule has 1 aromatic rings. The molecule has 0 fully saturated rings. The van der Waals surface area contributed by atoms with Crippen LogP contribution >= 0.6 is 0 Å². The van der Waals surface area contributed by atoms with Crippen molar-refractivity contribution in [3.8, 4) is 0 Å². The van der Waals surface area contributed by atoms with E-state index in [4.69, 9.17) is 0 Å². The Balaban J connectivity index is 2.72. The molecule has 0 saturated heterocycles. The maximum absolute atomic E-state index is 9.28. The molecule has 0 radical (unpaired) electrons. The van der Waals surface area contributed by atoms with Crippen molar-refractivity contribution in [1.29, 1.82) is 0 Å². The number of hydrogen-bond donors (Lipinski definition) is 1. The number of rotatable bonds is 4. The minimum atomic E-state index is -0.486. The van der Waals surface area contributed by atoms with Gasteiger partial charge in [0.2, 0.25) is 0 Å². The first kappa shape index (κ1) is 11.0. The molecule has 0 aliphatic rings. The maximum Gasteiger partial charge on any atom is 0.0931 e. The third-order valence-electron chi connectivity index (χ3n) is 2.20. The Bertz CT molecular complexity index is 269. The van der Waals surface area contributed by atoms with E-state index in [-0.39, 0.29) is 0 Å². The fourth-order valence-electron chi connectivity index (χ4n) is 1.33. The minimum absolute atomic E-state index is 0.486. The van der Waals surface area contributed by atoms with Gasteiger partial charge in [-0.2, -0.15) is 0 Å². The van der Waals surface area contributed by atoms with E-state index in [1.54, 1.807) is 13.1 Å². The van der Waals surface area contributed by atoms with E-state index in [1.807, 2.05) is 19.2 Å². The van der Waals surface area contributed by atoms with Crippen LogP contribution in [0.3, 0.4) is 0 Å². The monoisotopic (exact) mass is 194 g/mol. The van der Waals surface area contributed by atoms with E-state index in [0.717, 1.165) is 24.3 Å². The zero-order valence-corrected chi connectivity index (χ0v) is 9.07. The van der Waals surface area contributed by atoms with E-state index in [0.29, 0.717) is 0 Å². The second kappa shape index (κ2) is 4.96. The summed E-state index contributed by atoms with van der Waals surface area (Å²) in [5.74, 6) is 0. The molecule has 1 atom stereocenters. The second-order valence-corrected chi connectivity index (χ2v) is 3.54.